The Labute approximate surface area is 182 Å². The Hall–Kier alpha value is -2.12. The minimum Gasteiger partial charge on any atom is -0.382 e. The summed E-state index contributed by atoms with van der Waals surface area (Å²) in [6, 6.07) is 12.7. The van der Waals surface area contributed by atoms with Gasteiger partial charge in [0.15, 0.2) is 12.4 Å². The van der Waals surface area contributed by atoms with Crippen LogP contribution >= 0.6 is 11.3 Å². The summed E-state index contributed by atoms with van der Waals surface area (Å²) in [7, 11) is 7.66. The van der Waals surface area contributed by atoms with E-state index in [1.165, 1.54) is 27.4 Å². The van der Waals surface area contributed by atoms with E-state index in [0.717, 1.165) is 6.42 Å². The van der Waals surface area contributed by atoms with Crippen LogP contribution in [0.15, 0.2) is 54.2 Å². The molecular weight excluding hydrogens is 396 g/mol. The summed E-state index contributed by atoms with van der Waals surface area (Å²) in [6.07, 6.45) is 6.06. The van der Waals surface area contributed by atoms with E-state index in [9.17, 15) is 0 Å². The SMILES string of the molecule is COC(C)CC(OC)c1cccs1.C[n+]1cccc2c1-c1c(ccc[n+]1C)C1OC21. The largest absolute Gasteiger partial charge is 0.382 e. The van der Waals surface area contributed by atoms with Crippen molar-refractivity contribution in [3.05, 3.63) is 70.2 Å². The number of rotatable bonds is 5. The van der Waals surface area contributed by atoms with Crippen molar-refractivity contribution in [3.8, 4) is 11.4 Å². The summed E-state index contributed by atoms with van der Waals surface area (Å²) in [5.41, 5.74) is 5.19. The van der Waals surface area contributed by atoms with E-state index in [1.807, 2.05) is 6.07 Å². The van der Waals surface area contributed by atoms with E-state index in [1.54, 1.807) is 25.6 Å². The molecule has 1 saturated heterocycles. The van der Waals surface area contributed by atoms with Crippen molar-refractivity contribution in [2.24, 2.45) is 14.1 Å². The number of aryl methyl sites for hydroxylation is 2. The summed E-state index contributed by atoms with van der Waals surface area (Å²) in [5, 5.41) is 2.07. The minimum absolute atomic E-state index is 0.176. The smallest absolute Gasteiger partial charge is 0.283 e. The molecule has 0 bridgehead atoms. The molecule has 0 aromatic carbocycles. The van der Waals surface area contributed by atoms with Gasteiger partial charge >= 0.3 is 0 Å². The Kier molecular flexibility index (Phi) is 6.29. The molecule has 0 spiro atoms. The molecule has 5 rings (SSSR count). The van der Waals surface area contributed by atoms with Gasteiger partial charge in [-0.1, -0.05) is 6.07 Å². The van der Waals surface area contributed by atoms with Crippen LogP contribution in [0.3, 0.4) is 0 Å². The summed E-state index contributed by atoms with van der Waals surface area (Å²) in [4.78, 5) is 1.27. The van der Waals surface area contributed by atoms with Gasteiger partial charge in [0.1, 0.15) is 26.3 Å². The zero-order valence-corrected chi connectivity index (χ0v) is 19.1. The first-order chi connectivity index (χ1) is 14.5. The van der Waals surface area contributed by atoms with Crippen molar-refractivity contribution < 1.29 is 23.3 Å². The van der Waals surface area contributed by atoms with Crippen molar-refractivity contribution in [2.75, 3.05) is 14.2 Å². The van der Waals surface area contributed by atoms with E-state index >= 15 is 0 Å². The third-order valence-corrected chi connectivity index (χ3v) is 6.81. The van der Waals surface area contributed by atoms with Gasteiger partial charge in [-0.2, -0.15) is 9.13 Å². The topological polar surface area (TPSA) is 38.8 Å². The summed E-state index contributed by atoms with van der Waals surface area (Å²) >= 11 is 1.73. The highest BCUT2D eigenvalue weighted by Gasteiger charge is 2.53. The van der Waals surface area contributed by atoms with Gasteiger partial charge < -0.3 is 14.2 Å². The number of ether oxygens (including phenoxy) is 3. The van der Waals surface area contributed by atoms with E-state index in [4.69, 9.17) is 14.2 Å². The Morgan fingerprint density at radius 1 is 0.933 bits per heavy atom. The molecule has 0 N–H and O–H groups in total. The third kappa shape index (κ3) is 4.05. The van der Waals surface area contributed by atoms with E-state index < -0.39 is 0 Å². The fourth-order valence-electron chi connectivity index (χ4n) is 4.12. The first kappa shape index (κ1) is 21.1. The van der Waals surface area contributed by atoms with E-state index in [0.29, 0.717) is 0 Å². The number of epoxide rings is 1. The molecule has 3 aromatic heterocycles. The maximum atomic E-state index is 5.81. The van der Waals surface area contributed by atoms with Crippen LogP contribution in [0.4, 0.5) is 0 Å². The van der Waals surface area contributed by atoms with Gasteiger partial charge in [0.25, 0.3) is 11.4 Å². The Morgan fingerprint density at radius 2 is 1.53 bits per heavy atom. The van der Waals surface area contributed by atoms with Gasteiger partial charge in [-0.25, -0.2) is 0 Å². The van der Waals surface area contributed by atoms with Gasteiger partial charge in [-0.15, -0.1) is 11.3 Å². The minimum atomic E-state index is 0.176. The number of thiophene rings is 1. The molecule has 4 heterocycles. The summed E-state index contributed by atoms with van der Waals surface area (Å²) in [5.74, 6) is 0. The first-order valence-electron chi connectivity index (χ1n) is 10.3. The Morgan fingerprint density at radius 3 is 2.00 bits per heavy atom. The lowest BCUT2D eigenvalue weighted by molar-refractivity contribution is -0.691. The second kappa shape index (κ2) is 8.94. The van der Waals surface area contributed by atoms with Crippen LogP contribution in [-0.4, -0.2) is 20.3 Å². The average molecular weight is 427 g/mol. The van der Waals surface area contributed by atoms with Crippen LogP contribution in [0.5, 0.6) is 0 Å². The second-order valence-electron chi connectivity index (χ2n) is 7.85. The quantitative estimate of drug-likeness (QED) is 0.457. The molecular formula is C24H30N2O3S+2. The third-order valence-electron chi connectivity index (χ3n) is 5.85. The van der Waals surface area contributed by atoms with Gasteiger partial charge in [0.2, 0.25) is 0 Å². The molecule has 0 saturated carbocycles. The number of aromatic nitrogens is 2. The monoisotopic (exact) mass is 426 g/mol. The fraction of sp³-hybridized carbons (Fsp3) is 0.417. The van der Waals surface area contributed by atoms with Crippen molar-refractivity contribution in [1.82, 2.24) is 0 Å². The number of hydrogen-bond donors (Lipinski definition) is 0. The van der Waals surface area contributed by atoms with Gasteiger partial charge in [0, 0.05) is 37.7 Å². The highest BCUT2D eigenvalue weighted by molar-refractivity contribution is 7.10. The van der Waals surface area contributed by atoms with Crippen LogP contribution < -0.4 is 9.13 Å². The maximum absolute atomic E-state index is 5.81. The molecule has 3 aromatic rings. The summed E-state index contributed by atoms with van der Waals surface area (Å²) < 4.78 is 20.8. The molecule has 158 valence electrons. The molecule has 4 atom stereocenters. The molecule has 1 aliphatic carbocycles. The normalized spacial score (nSPS) is 20.2. The molecule has 0 radical (unpaired) electrons. The zero-order valence-electron chi connectivity index (χ0n) is 18.2. The fourth-order valence-corrected chi connectivity index (χ4v) is 4.93. The highest BCUT2D eigenvalue weighted by Crippen LogP contribution is 2.57. The lowest BCUT2D eigenvalue weighted by Crippen LogP contribution is -2.41. The van der Waals surface area contributed by atoms with Crippen LogP contribution in [-0.2, 0) is 28.3 Å². The molecule has 4 unspecified atom stereocenters. The standard InChI is InChI=1S/C14H14N2O.C10H16O2S/c1-15-7-3-5-9-11(15)12-10(14-13(9)17-14)6-4-8-16(12)2;1-8(11-2)7-9(12-3)10-5-4-6-13-10/h3-8,13-14H,1-2H3;4-6,8-9H,7H2,1-3H3/q+2;. The predicted octanol–water partition coefficient (Wildman–Crippen LogP) is 3.99. The van der Waals surface area contributed by atoms with Gasteiger partial charge in [-0.05, 0) is 30.5 Å². The zero-order chi connectivity index (χ0) is 21.3. The number of hydrogen-bond acceptors (Lipinski definition) is 4. The number of nitrogens with zero attached hydrogens (tertiary/aromatic N) is 2. The number of fused-ring (bicyclic) bond motifs is 6. The molecule has 1 fully saturated rings. The lowest BCUT2D eigenvalue weighted by atomic mass is 9.92. The molecule has 1 aliphatic heterocycles. The highest BCUT2D eigenvalue weighted by atomic mass is 32.1. The summed E-state index contributed by atoms with van der Waals surface area (Å²) in [6.45, 7) is 2.06. The molecule has 30 heavy (non-hydrogen) atoms. The first-order valence-corrected chi connectivity index (χ1v) is 11.1. The molecule has 2 aliphatic rings. The van der Waals surface area contributed by atoms with Crippen molar-refractivity contribution in [1.29, 1.82) is 0 Å². The predicted molar refractivity (Wildman–Crippen MR) is 116 cm³/mol. The van der Waals surface area contributed by atoms with Crippen LogP contribution in [0.25, 0.3) is 11.4 Å². The second-order valence-corrected chi connectivity index (χ2v) is 8.82. The number of pyridine rings is 2. The average Bonchev–Trinajstić information content (AvgIpc) is 3.39. The molecule has 6 heteroatoms. The van der Waals surface area contributed by atoms with Crippen molar-refractivity contribution >= 4 is 11.3 Å². The van der Waals surface area contributed by atoms with E-state index in [-0.39, 0.29) is 24.4 Å². The lowest BCUT2D eigenvalue weighted by Gasteiger charge is -2.17. The van der Waals surface area contributed by atoms with Gasteiger partial charge in [0.05, 0.1) is 23.3 Å². The maximum Gasteiger partial charge on any atom is 0.283 e. The van der Waals surface area contributed by atoms with Crippen molar-refractivity contribution in [2.45, 2.75) is 37.8 Å². The van der Waals surface area contributed by atoms with Crippen molar-refractivity contribution in [3.63, 3.8) is 0 Å². The van der Waals surface area contributed by atoms with Crippen LogP contribution in [0.2, 0.25) is 0 Å². The van der Waals surface area contributed by atoms with E-state index in [2.05, 4.69) is 78.3 Å². The Bertz CT molecular complexity index is 950. The van der Waals surface area contributed by atoms with Crippen LogP contribution in [0.1, 0.15) is 47.7 Å². The molecule has 0 amide bonds. The number of methoxy groups -OCH3 is 2. The molecule has 5 nitrogen and oxygen atoms in total. The van der Waals surface area contributed by atoms with Crippen LogP contribution in [0, 0.1) is 0 Å². The van der Waals surface area contributed by atoms with Gasteiger partial charge in [-0.3, -0.25) is 0 Å². The Balaban J connectivity index is 0.000000152.